The van der Waals surface area contributed by atoms with Gasteiger partial charge in [0.2, 0.25) is 0 Å². The smallest absolute Gasteiger partial charge is 0.0991 e. The zero-order chi connectivity index (χ0) is 10.0. The minimum absolute atomic E-state index is 0.364. The molecule has 1 aromatic carbocycles. The molecule has 0 aromatic heterocycles. The molecule has 1 aliphatic rings. The Labute approximate surface area is 84.6 Å². The lowest BCUT2D eigenvalue weighted by Crippen LogP contribution is -2.26. The van der Waals surface area contributed by atoms with E-state index in [0.29, 0.717) is 5.54 Å². The first-order valence-electron chi connectivity index (χ1n) is 4.96. The molecule has 72 valence electrons. The molecule has 0 saturated heterocycles. The molecule has 0 heterocycles. The Hall–Kier alpha value is -1.33. The van der Waals surface area contributed by atoms with Crippen LogP contribution in [-0.2, 0) is 6.54 Å². The molecule has 0 spiro atoms. The van der Waals surface area contributed by atoms with E-state index in [0.717, 1.165) is 12.1 Å². The second-order valence-electron chi connectivity index (χ2n) is 4.23. The number of nitrogens with zero attached hydrogens (tertiary/aromatic N) is 1. The van der Waals surface area contributed by atoms with Crippen molar-refractivity contribution in [1.82, 2.24) is 5.32 Å². The number of nitrogens with one attached hydrogen (secondary N) is 1. The summed E-state index contributed by atoms with van der Waals surface area (Å²) in [4.78, 5) is 0. The molecular formula is C12H14N2. The number of rotatable bonds is 3. The quantitative estimate of drug-likeness (QED) is 0.785. The van der Waals surface area contributed by atoms with E-state index in [4.69, 9.17) is 5.26 Å². The molecule has 0 amide bonds. The van der Waals surface area contributed by atoms with E-state index in [-0.39, 0.29) is 0 Å². The fraction of sp³-hybridized carbons (Fsp3) is 0.417. The van der Waals surface area contributed by atoms with Crippen LogP contribution in [0.5, 0.6) is 0 Å². The molecule has 2 heteroatoms. The predicted molar refractivity (Wildman–Crippen MR) is 55.6 cm³/mol. The van der Waals surface area contributed by atoms with Gasteiger partial charge in [-0.15, -0.1) is 0 Å². The van der Waals surface area contributed by atoms with Crippen LogP contribution in [0.4, 0.5) is 0 Å². The summed E-state index contributed by atoms with van der Waals surface area (Å²) in [5, 5.41) is 12.2. The van der Waals surface area contributed by atoms with E-state index in [1.54, 1.807) is 0 Å². The molecule has 0 bridgehead atoms. The minimum atomic E-state index is 0.364. The SMILES string of the molecule is CC1(NCc2cccc(C#N)c2)CC1. The molecule has 0 radical (unpaired) electrons. The van der Waals surface area contributed by atoms with Crippen molar-refractivity contribution in [3.05, 3.63) is 35.4 Å². The van der Waals surface area contributed by atoms with E-state index in [1.165, 1.54) is 18.4 Å². The van der Waals surface area contributed by atoms with Gasteiger partial charge in [-0.25, -0.2) is 0 Å². The molecule has 0 unspecified atom stereocenters. The maximum absolute atomic E-state index is 8.73. The summed E-state index contributed by atoms with van der Waals surface area (Å²) in [5.41, 5.74) is 2.30. The summed E-state index contributed by atoms with van der Waals surface area (Å²) in [7, 11) is 0. The normalized spacial score (nSPS) is 17.4. The summed E-state index contributed by atoms with van der Waals surface area (Å²) in [6, 6.07) is 9.92. The largest absolute Gasteiger partial charge is 0.307 e. The van der Waals surface area contributed by atoms with Crippen LogP contribution in [0.15, 0.2) is 24.3 Å². The van der Waals surface area contributed by atoms with E-state index in [1.807, 2.05) is 18.2 Å². The van der Waals surface area contributed by atoms with Crippen molar-refractivity contribution in [3.8, 4) is 6.07 Å². The van der Waals surface area contributed by atoms with Crippen molar-refractivity contribution in [2.75, 3.05) is 0 Å². The van der Waals surface area contributed by atoms with Crippen molar-refractivity contribution < 1.29 is 0 Å². The van der Waals surface area contributed by atoms with Gasteiger partial charge in [-0.2, -0.15) is 5.26 Å². The van der Waals surface area contributed by atoms with Crippen LogP contribution in [0, 0.1) is 11.3 Å². The van der Waals surface area contributed by atoms with Crippen LogP contribution in [0.25, 0.3) is 0 Å². The lowest BCUT2D eigenvalue weighted by Gasteiger charge is -2.10. The Morgan fingerprint density at radius 3 is 2.93 bits per heavy atom. The maximum Gasteiger partial charge on any atom is 0.0991 e. The highest BCUT2D eigenvalue weighted by molar-refractivity contribution is 5.32. The van der Waals surface area contributed by atoms with Gasteiger partial charge < -0.3 is 5.32 Å². The zero-order valence-electron chi connectivity index (χ0n) is 8.38. The van der Waals surface area contributed by atoms with E-state index >= 15 is 0 Å². The molecular weight excluding hydrogens is 172 g/mol. The standard InChI is InChI=1S/C12H14N2/c1-12(5-6-12)14-9-11-4-2-3-10(7-11)8-13/h2-4,7,14H,5-6,9H2,1H3. The molecule has 14 heavy (non-hydrogen) atoms. The Balaban J connectivity index is 1.99. The molecule has 1 N–H and O–H groups in total. The summed E-state index contributed by atoms with van der Waals surface area (Å²) >= 11 is 0. The second-order valence-corrected chi connectivity index (χ2v) is 4.23. The average Bonchev–Trinajstić information content (AvgIpc) is 2.95. The Morgan fingerprint density at radius 1 is 1.50 bits per heavy atom. The first kappa shape index (κ1) is 9.23. The van der Waals surface area contributed by atoms with Gasteiger partial charge in [0.1, 0.15) is 0 Å². The number of nitriles is 1. The van der Waals surface area contributed by atoms with Gasteiger partial charge >= 0.3 is 0 Å². The zero-order valence-corrected chi connectivity index (χ0v) is 8.38. The molecule has 2 rings (SSSR count). The second kappa shape index (κ2) is 3.43. The van der Waals surface area contributed by atoms with Crippen LogP contribution in [-0.4, -0.2) is 5.54 Å². The average molecular weight is 186 g/mol. The monoisotopic (exact) mass is 186 g/mol. The highest BCUT2D eigenvalue weighted by Gasteiger charge is 2.36. The van der Waals surface area contributed by atoms with Crippen molar-refractivity contribution >= 4 is 0 Å². The van der Waals surface area contributed by atoms with E-state index < -0.39 is 0 Å². The molecule has 2 nitrogen and oxygen atoms in total. The highest BCUT2D eigenvalue weighted by atomic mass is 15.0. The number of hydrogen-bond acceptors (Lipinski definition) is 2. The van der Waals surface area contributed by atoms with E-state index in [9.17, 15) is 0 Å². The summed E-state index contributed by atoms with van der Waals surface area (Å²) in [5.74, 6) is 0. The summed E-state index contributed by atoms with van der Waals surface area (Å²) < 4.78 is 0. The molecule has 0 atom stereocenters. The molecule has 1 saturated carbocycles. The summed E-state index contributed by atoms with van der Waals surface area (Å²) in [6.45, 7) is 3.10. The van der Waals surface area contributed by atoms with Crippen LogP contribution in [0.1, 0.15) is 30.9 Å². The molecule has 1 fully saturated rings. The van der Waals surface area contributed by atoms with Gasteiger partial charge in [-0.05, 0) is 37.5 Å². The van der Waals surface area contributed by atoms with Crippen LogP contribution < -0.4 is 5.32 Å². The van der Waals surface area contributed by atoms with Crippen molar-refractivity contribution in [1.29, 1.82) is 5.26 Å². The minimum Gasteiger partial charge on any atom is -0.307 e. The fourth-order valence-electron chi connectivity index (χ4n) is 1.43. The third kappa shape index (κ3) is 2.12. The lowest BCUT2D eigenvalue weighted by atomic mass is 10.1. The van der Waals surface area contributed by atoms with Gasteiger partial charge in [0.25, 0.3) is 0 Å². The number of hydrogen-bond donors (Lipinski definition) is 1. The van der Waals surface area contributed by atoms with Crippen molar-refractivity contribution in [3.63, 3.8) is 0 Å². The first-order valence-corrected chi connectivity index (χ1v) is 4.96. The van der Waals surface area contributed by atoms with E-state index in [2.05, 4.69) is 24.4 Å². The Morgan fingerprint density at radius 2 is 2.29 bits per heavy atom. The van der Waals surface area contributed by atoms with Gasteiger partial charge in [0, 0.05) is 12.1 Å². The molecule has 1 aliphatic carbocycles. The van der Waals surface area contributed by atoms with Crippen molar-refractivity contribution in [2.45, 2.75) is 31.8 Å². The lowest BCUT2D eigenvalue weighted by molar-refractivity contribution is 0.538. The van der Waals surface area contributed by atoms with Crippen LogP contribution >= 0.6 is 0 Å². The summed E-state index contributed by atoms with van der Waals surface area (Å²) in [6.07, 6.45) is 2.54. The maximum atomic E-state index is 8.73. The molecule has 0 aliphatic heterocycles. The highest BCUT2D eigenvalue weighted by Crippen LogP contribution is 2.34. The van der Waals surface area contributed by atoms with Gasteiger partial charge in [0.15, 0.2) is 0 Å². The topological polar surface area (TPSA) is 35.8 Å². The third-order valence-corrected chi connectivity index (χ3v) is 2.78. The van der Waals surface area contributed by atoms with Gasteiger partial charge in [0.05, 0.1) is 11.6 Å². The Bertz CT molecular complexity index is 372. The van der Waals surface area contributed by atoms with Crippen LogP contribution in [0.3, 0.4) is 0 Å². The molecule has 1 aromatic rings. The van der Waals surface area contributed by atoms with Crippen LogP contribution in [0.2, 0.25) is 0 Å². The third-order valence-electron chi connectivity index (χ3n) is 2.78. The van der Waals surface area contributed by atoms with Crippen molar-refractivity contribution in [2.24, 2.45) is 0 Å². The Kier molecular flexibility index (Phi) is 2.26. The fourth-order valence-corrected chi connectivity index (χ4v) is 1.43. The predicted octanol–water partition coefficient (Wildman–Crippen LogP) is 2.20. The first-order chi connectivity index (χ1) is 6.72. The van der Waals surface area contributed by atoms with Gasteiger partial charge in [-0.3, -0.25) is 0 Å². The van der Waals surface area contributed by atoms with Gasteiger partial charge in [-0.1, -0.05) is 12.1 Å². The number of benzene rings is 1.